The standard InChI is InChI=1S/C15H30N2O/c1-4-8-17(11-15(3,18)5-2)14-9-12-6-7-13(10-14)16-12/h12-14,16,18H,4-11H2,1-3H3. The minimum Gasteiger partial charge on any atom is -0.389 e. The summed E-state index contributed by atoms with van der Waals surface area (Å²) in [7, 11) is 0. The molecule has 0 radical (unpaired) electrons. The van der Waals surface area contributed by atoms with Gasteiger partial charge in [0.15, 0.2) is 0 Å². The van der Waals surface area contributed by atoms with Crippen molar-refractivity contribution in [3.63, 3.8) is 0 Å². The van der Waals surface area contributed by atoms with Crippen LogP contribution in [0.5, 0.6) is 0 Å². The molecule has 0 aromatic rings. The van der Waals surface area contributed by atoms with Crippen LogP contribution in [0, 0.1) is 0 Å². The Hall–Kier alpha value is -0.120. The highest BCUT2D eigenvalue weighted by Crippen LogP contribution is 2.30. The Kier molecular flexibility index (Phi) is 4.68. The molecule has 2 N–H and O–H groups in total. The lowest BCUT2D eigenvalue weighted by Gasteiger charge is -2.40. The summed E-state index contributed by atoms with van der Waals surface area (Å²) >= 11 is 0. The Labute approximate surface area is 112 Å². The predicted molar refractivity (Wildman–Crippen MR) is 75.7 cm³/mol. The zero-order valence-corrected chi connectivity index (χ0v) is 12.3. The molecule has 0 aromatic heterocycles. The Morgan fingerprint density at radius 1 is 1.22 bits per heavy atom. The molecule has 2 fully saturated rings. The van der Waals surface area contributed by atoms with Crippen LogP contribution in [0.2, 0.25) is 0 Å². The van der Waals surface area contributed by atoms with Crippen molar-refractivity contribution < 1.29 is 5.11 Å². The predicted octanol–water partition coefficient (Wildman–Crippen LogP) is 2.14. The van der Waals surface area contributed by atoms with Gasteiger partial charge < -0.3 is 10.4 Å². The van der Waals surface area contributed by atoms with Gasteiger partial charge in [-0.05, 0) is 52.0 Å². The maximum absolute atomic E-state index is 10.3. The van der Waals surface area contributed by atoms with Gasteiger partial charge in [0, 0.05) is 24.7 Å². The van der Waals surface area contributed by atoms with Gasteiger partial charge in [0.1, 0.15) is 0 Å². The van der Waals surface area contributed by atoms with Crippen molar-refractivity contribution in [3.05, 3.63) is 0 Å². The fourth-order valence-electron chi connectivity index (χ4n) is 3.55. The smallest absolute Gasteiger partial charge is 0.0743 e. The van der Waals surface area contributed by atoms with E-state index >= 15 is 0 Å². The third-order valence-electron chi connectivity index (χ3n) is 4.78. The van der Waals surface area contributed by atoms with Crippen molar-refractivity contribution in [1.82, 2.24) is 10.2 Å². The zero-order chi connectivity index (χ0) is 13.2. The number of fused-ring (bicyclic) bond motifs is 2. The molecule has 3 atom stereocenters. The van der Waals surface area contributed by atoms with Gasteiger partial charge in [-0.2, -0.15) is 0 Å². The number of aliphatic hydroxyl groups is 1. The van der Waals surface area contributed by atoms with Gasteiger partial charge in [0.25, 0.3) is 0 Å². The molecular formula is C15H30N2O. The fraction of sp³-hybridized carbons (Fsp3) is 1.00. The monoisotopic (exact) mass is 254 g/mol. The molecule has 2 aliphatic heterocycles. The molecule has 0 aromatic carbocycles. The van der Waals surface area contributed by atoms with Crippen LogP contribution >= 0.6 is 0 Å². The summed E-state index contributed by atoms with van der Waals surface area (Å²) < 4.78 is 0. The maximum atomic E-state index is 10.3. The molecule has 2 saturated heterocycles. The minimum absolute atomic E-state index is 0.529. The minimum atomic E-state index is -0.529. The average molecular weight is 254 g/mol. The van der Waals surface area contributed by atoms with Gasteiger partial charge in [-0.25, -0.2) is 0 Å². The van der Waals surface area contributed by atoms with E-state index in [1.807, 2.05) is 6.92 Å². The van der Waals surface area contributed by atoms with Gasteiger partial charge in [0.05, 0.1) is 5.60 Å². The van der Waals surface area contributed by atoms with Crippen molar-refractivity contribution in [2.24, 2.45) is 0 Å². The maximum Gasteiger partial charge on any atom is 0.0743 e. The van der Waals surface area contributed by atoms with Crippen molar-refractivity contribution in [3.8, 4) is 0 Å². The van der Waals surface area contributed by atoms with E-state index in [0.29, 0.717) is 6.04 Å². The third-order valence-corrected chi connectivity index (χ3v) is 4.78. The lowest BCUT2D eigenvalue weighted by Crippen LogP contribution is -2.52. The summed E-state index contributed by atoms with van der Waals surface area (Å²) in [5, 5.41) is 14.0. The Bertz CT molecular complexity index is 255. The first-order valence-corrected chi connectivity index (χ1v) is 7.76. The molecule has 0 saturated carbocycles. The highest BCUT2D eigenvalue weighted by molar-refractivity contribution is 4.96. The van der Waals surface area contributed by atoms with Gasteiger partial charge in [-0.1, -0.05) is 13.8 Å². The van der Waals surface area contributed by atoms with Crippen LogP contribution in [0.3, 0.4) is 0 Å². The van der Waals surface area contributed by atoms with Crippen LogP contribution in [-0.4, -0.2) is 46.8 Å². The van der Waals surface area contributed by atoms with E-state index in [1.54, 1.807) is 0 Å². The number of nitrogens with zero attached hydrogens (tertiary/aromatic N) is 1. The molecule has 0 spiro atoms. The number of piperidine rings is 1. The molecule has 2 aliphatic rings. The molecule has 0 aliphatic carbocycles. The van der Waals surface area contributed by atoms with Crippen LogP contribution in [0.1, 0.15) is 59.3 Å². The third kappa shape index (κ3) is 3.46. The van der Waals surface area contributed by atoms with Gasteiger partial charge in [-0.3, -0.25) is 4.90 Å². The van der Waals surface area contributed by atoms with Crippen LogP contribution in [-0.2, 0) is 0 Å². The largest absolute Gasteiger partial charge is 0.389 e. The Morgan fingerprint density at radius 3 is 2.33 bits per heavy atom. The van der Waals surface area contributed by atoms with E-state index in [4.69, 9.17) is 0 Å². The van der Waals surface area contributed by atoms with Crippen molar-refractivity contribution in [2.75, 3.05) is 13.1 Å². The molecule has 106 valence electrons. The van der Waals surface area contributed by atoms with E-state index < -0.39 is 5.60 Å². The quantitative estimate of drug-likeness (QED) is 0.762. The molecule has 2 rings (SSSR count). The first-order chi connectivity index (χ1) is 8.54. The number of rotatable bonds is 6. The second kappa shape index (κ2) is 5.89. The van der Waals surface area contributed by atoms with Crippen LogP contribution < -0.4 is 5.32 Å². The molecule has 3 nitrogen and oxygen atoms in total. The fourth-order valence-corrected chi connectivity index (χ4v) is 3.55. The molecular weight excluding hydrogens is 224 g/mol. The first kappa shape index (κ1) is 14.3. The normalized spacial score (nSPS) is 34.8. The van der Waals surface area contributed by atoms with Gasteiger partial charge >= 0.3 is 0 Å². The second-order valence-corrected chi connectivity index (χ2v) is 6.58. The molecule has 2 heterocycles. The summed E-state index contributed by atoms with van der Waals surface area (Å²) in [5.74, 6) is 0. The second-order valence-electron chi connectivity index (χ2n) is 6.58. The Morgan fingerprint density at radius 2 is 1.83 bits per heavy atom. The number of hydrogen-bond donors (Lipinski definition) is 2. The van der Waals surface area contributed by atoms with Gasteiger partial charge in [0.2, 0.25) is 0 Å². The zero-order valence-electron chi connectivity index (χ0n) is 12.3. The first-order valence-electron chi connectivity index (χ1n) is 7.76. The van der Waals surface area contributed by atoms with Crippen LogP contribution in [0.25, 0.3) is 0 Å². The van der Waals surface area contributed by atoms with Crippen molar-refractivity contribution in [2.45, 2.75) is 83.0 Å². The van der Waals surface area contributed by atoms with Gasteiger partial charge in [-0.15, -0.1) is 0 Å². The summed E-state index contributed by atoms with van der Waals surface area (Å²) in [4.78, 5) is 2.55. The lowest BCUT2D eigenvalue weighted by molar-refractivity contribution is -0.00475. The van der Waals surface area contributed by atoms with E-state index in [2.05, 4.69) is 24.1 Å². The topological polar surface area (TPSA) is 35.5 Å². The molecule has 3 unspecified atom stereocenters. The molecule has 18 heavy (non-hydrogen) atoms. The highest BCUT2D eigenvalue weighted by atomic mass is 16.3. The van der Waals surface area contributed by atoms with Crippen LogP contribution in [0.15, 0.2) is 0 Å². The van der Waals surface area contributed by atoms with Crippen molar-refractivity contribution >= 4 is 0 Å². The van der Waals surface area contributed by atoms with E-state index in [-0.39, 0.29) is 0 Å². The van der Waals surface area contributed by atoms with E-state index in [9.17, 15) is 5.11 Å². The molecule has 2 bridgehead atoms. The van der Waals surface area contributed by atoms with Crippen LogP contribution in [0.4, 0.5) is 0 Å². The summed E-state index contributed by atoms with van der Waals surface area (Å²) in [6, 6.07) is 2.15. The molecule has 3 heteroatoms. The number of nitrogens with one attached hydrogen (secondary N) is 1. The number of hydrogen-bond acceptors (Lipinski definition) is 3. The Balaban J connectivity index is 1.96. The highest BCUT2D eigenvalue weighted by Gasteiger charge is 2.37. The van der Waals surface area contributed by atoms with Crippen molar-refractivity contribution in [1.29, 1.82) is 0 Å². The summed E-state index contributed by atoms with van der Waals surface area (Å²) in [6.07, 6.45) is 7.27. The summed E-state index contributed by atoms with van der Waals surface area (Å²) in [6.45, 7) is 8.26. The summed E-state index contributed by atoms with van der Waals surface area (Å²) in [5.41, 5.74) is -0.529. The molecule has 0 amide bonds. The SMILES string of the molecule is CCCN(CC(C)(O)CC)C1CC2CCC(C1)N2. The average Bonchev–Trinajstić information content (AvgIpc) is 2.67. The van der Waals surface area contributed by atoms with E-state index in [1.165, 1.54) is 32.1 Å². The lowest BCUT2D eigenvalue weighted by atomic mass is 9.95. The van der Waals surface area contributed by atoms with E-state index in [0.717, 1.165) is 31.6 Å².